The maximum atomic E-state index is 9.81. The molecule has 18 heavy (non-hydrogen) atoms. The zero-order chi connectivity index (χ0) is 12.5. The van der Waals surface area contributed by atoms with Crippen molar-refractivity contribution in [1.29, 1.82) is 0 Å². The van der Waals surface area contributed by atoms with Crippen LogP contribution in [-0.2, 0) is 13.1 Å². The van der Waals surface area contributed by atoms with Gasteiger partial charge in [0.25, 0.3) is 0 Å². The van der Waals surface area contributed by atoms with Gasteiger partial charge in [-0.2, -0.15) is 5.10 Å². The summed E-state index contributed by atoms with van der Waals surface area (Å²) in [5.41, 5.74) is 0. The number of aliphatic hydroxyl groups excluding tert-OH is 1. The molecule has 0 spiro atoms. The second kappa shape index (κ2) is 4.97. The molecular weight excluding hydrogens is 228 g/mol. The fraction of sp³-hybridized carbons (Fsp3) is 0.846. The van der Waals surface area contributed by atoms with Gasteiger partial charge in [0.1, 0.15) is 12.2 Å². The fourth-order valence-corrected chi connectivity index (χ4v) is 3.48. The summed E-state index contributed by atoms with van der Waals surface area (Å²) >= 11 is 0. The Bertz CT molecular complexity index is 391. The smallest absolute Gasteiger partial charge is 0.141 e. The molecule has 3 rings (SSSR count). The molecule has 1 N–H and O–H groups in total. The van der Waals surface area contributed by atoms with E-state index in [1.807, 2.05) is 4.68 Å². The van der Waals surface area contributed by atoms with Gasteiger partial charge in [0.05, 0.1) is 12.6 Å². The Morgan fingerprint density at radius 1 is 1.33 bits per heavy atom. The molecule has 2 saturated heterocycles. The minimum Gasteiger partial charge on any atom is -0.393 e. The lowest BCUT2D eigenvalue weighted by atomic mass is 10.00. The first-order chi connectivity index (χ1) is 8.78. The average Bonchev–Trinajstić information content (AvgIpc) is 2.86. The van der Waals surface area contributed by atoms with Crippen LogP contribution in [0.2, 0.25) is 0 Å². The van der Waals surface area contributed by atoms with Crippen molar-refractivity contribution < 1.29 is 5.11 Å². The lowest BCUT2D eigenvalue weighted by Gasteiger charge is -2.36. The number of nitrogens with zero attached hydrogens (tertiary/aromatic N) is 4. The minimum absolute atomic E-state index is 0.0905. The lowest BCUT2D eigenvalue weighted by Crippen LogP contribution is -2.44. The topological polar surface area (TPSA) is 54.2 Å². The van der Waals surface area contributed by atoms with Crippen LogP contribution >= 0.6 is 0 Å². The number of aromatic nitrogens is 3. The van der Waals surface area contributed by atoms with E-state index in [-0.39, 0.29) is 6.10 Å². The third-order valence-corrected chi connectivity index (χ3v) is 4.31. The Balaban J connectivity index is 1.71. The van der Waals surface area contributed by atoms with E-state index in [4.69, 9.17) is 0 Å². The maximum Gasteiger partial charge on any atom is 0.141 e. The first-order valence-electron chi connectivity index (χ1n) is 7.08. The van der Waals surface area contributed by atoms with Crippen LogP contribution in [0.1, 0.15) is 44.9 Å². The number of piperidine rings is 1. The van der Waals surface area contributed by atoms with E-state index in [0.29, 0.717) is 12.1 Å². The van der Waals surface area contributed by atoms with Gasteiger partial charge in [-0.15, -0.1) is 0 Å². The van der Waals surface area contributed by atoms with Gasteiger partial charge in [-0.25, -0.2) is 9.67 Å². The summed E-state index contributed by atoms with van der Waals surface area (Å²) in [6.07, 6.45) is 6.96. The second-order valence-corrected chi connectivity index (χ2v) is 5.58. The van der Waals surface area contributed by atoms with Crippen molar-refractivity contribution in [2.24, 2.45) is 0 Å². The van der Waals surface area contributed by atoms with Gasteiger partial charge < -0.3 is 5.11 Å². The lowest BCUT2D eigenvalue weighted by molar-refractivity contribution is 0.0289. The van der Waals surface area contributed by atoms with E-state index in [1.165, 1.54) is 12.8 Å². The number of hydrogen-bond donors (Lipinski definition) is 1. The number of aliphatic hydroxyl groups is 1. The molecule has 2 aliphatic heterocycles. The minimum atomic E-state index is -0.0905. The van der Waals surface area contributed by atoms with E-state index in [1.54, 1.807) is 6.33 Å². The van der Waals surface area contributed by atoms with Gasteiger partial charge in [0.2, 0.25) is 0 Å². The fourth-order valence-electron chi connectivity index (χ4n) is 3.48. The number of aryl methyl sites for hydroxylation is 1. The van der Waals surface area contributed by atoms with Crippen molar-refractivity contribution in [1.82, 2.24) is 19.7 Å². The molecule has 0 amide bonds. The number of fused-ring (bicyclic) bond motifs is 2. The summed E-state index contributed by atoms with van der Waals surface area (Å²) in [6.45, 7) is 4.00. The molecule has 100 valence electrons. The number of hydrogen-bond acceptors (Lipinski definition) is 4. The Morgan fingerprint density at radius 3 is 2.72 bits per heavy atom. The van der Waals surface area contributed by atoms with Gasteiger partial charge in [0.15, 0.2) is 0 Å². The van der Waals surface area contributed by atoms with Crippen LogP contribution in [-0.4, -0.2) is 43.0 Å². The summed E-state index contributed by atoms with van der Waals surface area (Å²) in [5.74, 6) is 1.07. The van der Waals surface area contributed by atoms with Gasteiger partial charge in [-0.1, -0.05) is 6.92 Å². The zero-order valence-electron chi connectivity index (χ0n) is 11.0. The Kier molecular flexibility index (Phi) is 3.35. The van der Waals surface area contributed by atoms with Crippen LogP contribution in [0.25, 0.3) is 0 Å². The van der Waals surface area contributed by atoms with Crippen LogP contribution in [0, 0.1) is 0 Å². The van der Waals surface area contributed by atoms with Crippen molar-refractivity contribution >= 4 is 0 Å². The normalized spacial score (nSPS) is 32.0. The van der Waals surface area contributed by atoms with Crippen LogP contribution in [0.5, 0.6) is 0 Å². The van der Waals surface area contributed by atoms with Gasteiger partial charge >= 0.3 is 0 Å². The molecule has 2 atom stereocenters. The number of rotatable bonds is 4. The highest BCUT2D eigenvalue weighted by atomic mass is 16.3. The van der Waals surface area contributed by atoms with E-state index >= 15 is 0 Å². The van der Waals surface area contributed by atoms with Crippen molar-refractivity contribution in [3.8, 4) is 0 Å². The molecule has 3 heterocycles. The summed E-state index contributed by atoms with van der Waals surface area (Å²) in [6, 6.07) is 1.09. The Hall–Kier alpha value is -0.940. The molecule has 2 bridgehead atoms. The molecule has 1 aromatic heterocycles. The summed E-state index contributed by atoms with van der Waals surface area (Å²) in [7, 11) is 0. The molecule has 0 saturated carbocycles. The highest BCUT2D eigenvalue weighted by Gasteiger charge is 2.40. The summed E-state index contributed by atoms with van der Waals surface area (Å²) < 4.78 is 2.02. The van der Waals surface area contributed by atoms with Gasteiger partial charge in [-0.3, -0.25) is 4.90 Å². The molecule has 0 radical (unpaired) electrons. The molecule has 5 heteroatoms. The van der Waals surface area contributed by atoms with Gasteiger partial charge in [0, 0.05) is 18.6 Å². The Labute approximate surface area is 108 Å². The molecule has 0 aliphatic carbocycles. The molecule has 0 aromatic carbocycles. The highest BCUT2D eigenvalue weighted by molar-refractivity contribution is 4.98. The van der Waals surface area contributed by atoms with Crippen molar-refractivity contribution in [2.75, 3.05) is 0 Å². The quantitative estimate of drug-likeness (QED) is 0.871. The predicted octanol–water partition coefficient (Wildman–Crippen LogP) is 1.18. The van der Waals surface area contributed by atoms with E-state index < -0.39 is 0 Å². The van der Waals surface area contributed by atoms with E-state index in [9.17, 15) is 5.11 Å². The second-order valence-electron chi connectivity index (χ2n) is 5.58. The molecule has 1 aromatic rings. The van der Waals surface area contributed by atoms with Crippen LogP contribution in [0.3, 0.4) is 0 Å². The first kappa shape index (κ1) is 12.1. The van der Waals surface area contributed by atoms with Crippen molar-refractivity contribution in [3.63, 3.8) is 0 Å². The molecule has 5 nitrogen and oxygen atoms in total. The monoisotopic (exact) mass is 250 g/mol. The average molecular weight is 250 g/mol. The SMILES string of the molecule is CCCn1ncnc1CN1C2CCC1CC(O)C2. The maximum absolute atomic E-state index is 9.81. The van der Waals surface area contributed by atoms with E-state index in [2.05, 4.69) is 21.9 Å². The first-order valence-corrected chi connectivity index (χ1v) is 7.08. The van der Waals surface area contributed by atoms with Crippen LogP contribution in [0.4, 0.5) is 0 Å². The predicted molar refractivity (Wildman–Crippen MR) is 67.9 cm³/mol. The van der Waals surface area contributed by atoms with Gasteiger partial charge in [-0.05, 0) is 32.1 Å². The highest BCUT2D eigenvalue weighted by Crippen LogP contribution is 2.36. The van der Waals surface area contributed by atoms with Crippen molar-refractivity contribution in [3.05, 3.63) is 12.2 Å². The van der Waals surface area contributed by atoms with Crippen LogP contribution < -0.4 is 0 Å². The van der Waals surface area contributed by atoms with Crippen molar-refractivity contribution in [2.45, 2.75) is 70.3 Å². The largest absolute Gasteiger partial charge is 0.393 e. The summed E-state index contributed by atoms with van der Waals surface area (Å²) in [5, 5.41) is 14.1. The zero-order valence-corrected chi connectivity index (χ0v) is 11.0. The molecular formula is C13H22N4O. The summed E-state index contributed by atoms with van der Waals surface area (Å²) in [4.78, 5) is 6.92. The standard InChI is InChI=1S/C13H22N4O/c1-2-5-17-13(14-9-15-17)8-16-10-3-4-11(16)7-12(18)6-10/h9-12,18H,2-8H2,1H3. The molecule has 2 unspecified atom stereocenters. The Morgan fingerprint density at radius 2 is 2.06 bits per heavy atom. The third-order valence-electron chi connectivity index (χ3n) is 4.31. The van der Waals surface area contributed by atoms with Crippen LogP contribution in [0.15, 0.2) is 6.33 Å². The molecule has 2 aliphatic rings. The molecule has 2 fully saturated rings. The van der Waals surface area contributed by atoms with E-state index in [0.717, 1.165) is 38.2 Å². The third kappa shape index (κ3) is 2.17.